The Bertz CT molecular complexity index is 1000. The van der Waals surface area contributed by atoms with Crippen LogP contribution in [0.5, 0.6) is 11.5 Å². The van der Waals surface area contributed by atoms with E-state index in [9.17, 15) is 4.39 Å². The average Bonchev–Trinajstić information content (AvgIpc) is 3.19. The first kappa shape index (κ1) is 17.7. The summed E-state index contributed by atoms with van der Waals surface area (Å²) < 4.78 is 24.8. The molecule has 1 aromatic heterocycles. The van der Waals surface area contributed by atoms with Crippen molar-refractivity contribution in [3.05, 3.63) is 52.3 Å². The van der Waals surface area contributed by atoms with Gasteiger partial charge in [-0.15, -0.1) is 0 Å². The molecule has 0 unspecified atom stereocenters. The highest BCUT2D eigenvalue weighted by molar-refractivity contribution is 6.31. The normalized spacial score (nSPS) is 11.9. The van der Waals surface area contributed by atoms with Gasteiger partial charge in [0.15, 0.2) is 11.5 Å². The molecule has 0 spiro atoms. The van der Waals surface area contributed by atoms with Gasteiger partial charge < -0.3 is 14.8 Å². The Labute approximate surface area is 161 Å². The van der Waals surface area contributed by atoms with Gasteiger partial charge in [-0.25, -0.2) is 4.39 Å². The third-order valence-electron chi connectivity index (χ3n) is 4.45. The molecule has 7 heteroatoms. The molecule has 1 aliphatic rings. The molecule has 2 aromatic carbocycles. The number of H-pyrrole nitrogens is 1. The maximum atomic E-state index is 13.4. The first-order chi connectivity index (χ1) is 13.1. The van der Waals surface area contributed by atoms with Crippen molar-refractivity contribution >= 4 is 23.1 Å². The fraction of sp³-hybridized carbons (Fsp3) is 0.250. The summed E-state index contributed by atoms with van der Waals surface area (Å²) in [7, 11) is 0. The monoisotopic (exact) mass is 387 g/mol. The Morgan fingerprint density at radius 1 is 1.15 bits per heavy atom. The standard InChI is InChI=1S/C20H19ClFN3O2/c1-3-26-17-8-11-7-14-19(13(11)10-18(17)27-4-2)24-25-20(14)23-12-5-6-16(22)15(21)9-12/h5-6,8-10H,3-4,7H2,1-2H3,(H2,23,24,25). The van der Waals surface area contributed by atoms with E-state index in [4.69, 9.17) is 21.1 Å². The zero-order chi connectivity index (χ0) is 19.0. The Hall–Kier alpha value is -2.73. The summed E-state index contributed by atoms with van der Waals surface area (Å²) in [5.74, 6) is 1.77. The van der Waals surface area contributed by atoms with E-state index in [2.05, 4.69) is 15.5 Å². The SMILES string of the molecule is CCOc1cc2c(cc1OCC)-c1n[nH]c(Nc3ccc(F)c(Cl)c3)c1C2. The molecule has 0 bridgehead atoms. The smallest absolute Gasteiger partial charge is 0.161 e. The van der Waals surface area contributed by atoms with E-state index in [0.29, 0.717) is 31.1 Å². The highest BCUT2D eigenvalue weighted by Crippen LogP contribution is 2.44. The van der Waals surface area contributed by atoms with E-state index in [1.54, 1.807) is 12.1 Å². The average molecular weight is 388 g/mol. The number of rotatable bonds is 6. The lowest BCUT2D eigenvalue weighted by molar-refractivity contribution is 0.287. The van der Waals surface area contributed by atoms with Gasteiger partial charge in [0.1, 0.15) is 11.6 Å². The van der Waals surface area contributed by atoms with E-state index in [1.807, 2.05) is 26.0 Å². The molecule has 0 saturated carbocycles. The second-order valence-electron chi connectivity index (χ2n) is 6.18. The first-order valence-corrected chi connectivity index (χ1v) is 9.20. The predicted molar refractivity (Wildman–Crippen MR) is 104 cm³/mol. The van der Waals surface area contributed by atoms with Crippen LogP contribution in [0.4, 0.5) is 15.9 Å². The molecular formula is C20H19ClFN3O2. The maximum absolute atomic E-state index is 13.4. The molecule has 0 radical (unpaired) electrons. The summed E-state index contributed by atoms with van der Waals surface area (Å²) in [5, 5.41) is 10.8. The highest BCUT2D eigenvalue weighted by atomic mass is 35.5. The molecule has 5 nitrogen and oxygen atoms in total. The van der Waals surface area contributed by atoms with E-state index in [-0.39, 0.29) is 5.02 Å². The molecule has 1 aliphatic carbocycles. The largest absolute Gasteiger partial charge is 0.490 e. The number of halogens is 2. The number of anilines is 2. The van der Waals surface area contributed by atoms with Crippen molar-refractivity contribution in [1.29, 1.82) is 0 Å². The van der Waals surface area contributed by atoms with E-state index in [1.165, 1.54) is 6.07 Å². The number of benzene rings is 2. The Balaban J connectivity index is 1.67. The van der Waals surface area contributed by atoms with Crippen LogP contribution >= 0.6 is 11.6 Å². The third kappa shape index (κ3) is 3.21. The summed E-state index contributed by atoms with van der Waals surface area (Å²) in [6.45, 7) is 5.02. The number of aromatic amines is 1. The molecule has 0 atom stereocenters. The number of aromatic nitrogens is 2. The van der Waals surface area contributed by atoms with Gasteiger partial charge in [0.2, 0.25) is 0 Å². The van der Waals surface area contributed by atoms with E-state index < -0.39 is 5.82 Å². The zero-order valence-corrected chi connectivity index (χ0v) is 15.8. The van der Waals surface area contributed by atoms with Gasteiger partial charge >= 0.3 is 0 Å². The van der Waals surface area contributed by atoms with E-state index in [0.717, 1.165) is 34.0 Å². The van der Waals surface area contributed by atoms with Crippen molar-refractivity contribution in [3.8, 4) is 22.8 Å². The molecule has 0 aliphatic heterocycles. The summed E-state index contributed by atoms with van der Waals surface area (Å²) in [4.78, 5) is 0. The number of fused-ring (bicyclic) bond motifs is 3. The van der Waals surface area contributed by atoms with Crippen LogP contribution in [0.1, 0.15) is 25.0 Å². The molecule has 1 heterocycles. The fourth-order valence-electron chi connectivity index (χ4n) is 3.28. The van der Waals surface area contributed by atoms with Gasteiger partial charge in [-0.3, -0.25) is 5.10 Å². The van der Waals surface area contributed by atoms with Gasteiger partial charge in [-0.2, -0.15) is 5.10 Å². The van der Waals surface area contributed by atoms with Crippen molar-refractivity contribution < 1.29 is 13.9 Å². The molecule has 140 valence electrons. The molecule has 0 saturated heterocycles. The molecule has 27 heavy (non-hydrogen) atoms. The van der Waals surface area contributed by atoms with Gasteiger partial charge in [0, 0.05) is 23.2 Å². The third-order valence-corrected chi connectivity index (χ3v) is 4.74. The summed E-state index contributed by atoms with van der Waals surface area (Å²) >= 11 is 5.87. The fourth-order valence-corrected chi connectivity index (χ4v) is 3.46. The Morgan fingerprint density at radius 3 is 2.59 bits per heavy atom. The summed E-state index contributed by atoms with van der Waals surface area (Å²) in [5.41, 5.74) is 4.77. The molecule has 0 fully saturated rings. The molecule has 3 aromatic rings. The van der Waals surface area contributed by atoms with Crippen LogP contribution in [-0.2, 0) is 6.42 Å². The number of nitrogens with one attached hydrogen (secondary N) is 2. The Kier molecular flexibility index (Phi) is 4.66. The second-order valence-corrected chi connectivity index (χ2v) is 6.59. The lowest BCUT2D eigenvalue weighted by Crippen LogP contribution is -2.00. The Morgan fingerprint density at radius 2 is 1.89 bits per heavy atom. The lowest BCUT2D eigenvalue weighted by Gasteiger charge is -2.13. The minimum Gasteiger partial charge on any atom is -0.490 e. The first-order valence-electron chi connectivity index (χ1n) is 8.82. The quantitative estimate of drug-likeness (QED) is 0.470. The number of hydrogen-bond donors (Lipinski definition) is 2. The zero-order valence-electron chi connectivity index (χ0n) is 15.0. The van der Waals surface area contributed by atoms with Gasteiger partial charge in [0.05, 0.1) is 23.9 Å². The van der Waals surface area contributed by atoms with Crippen LogP contribution in [0, 0.1) is 5.82 Å². The van der Waals surface area contributed by atoms with Crippen molar-refractivity contribution in [2.24, 2.45) is 0 Å². The molecule has 0 amide bonds. The van der Waals surface area contributed by atoms with Gasteiger partial charge in [-0.05, 0) is 49.7 Å². The van der Waals surface area contributed by atoms with Crippen molar-refractivity contribution in [1.82, 2.24) is 10.2 Å². The molecule has 4 rings (SSSR count). The minimum atomic E-state index is -0.448. The van der Waals surface area contributed by atoms with Gasteiger partial charge in [0.25, 0.3) is 0 Å². The lowest BCUT2D eigenvalue weighted by atomic mass is 10.1. The van der Waals surface area contributed by atoms with Crippen LogP contribution in [0.15, 0.2) is 30.3 Å². The number of nitrogens with zero attached hydrogens (tertiary/aromatic N) is 1. The summed E-state index contributed by atoms with van der Waals surface area (Å²) in [6, 6.07) is 8.52. The molecule has 2 N–H and O–H groups in total. The van der Waals surface area contributed by atoms with Crippen LogP contribution in [0.3, 0.4) is 0 Å². The van der Waals surface area contributed by atoms with Crippen LogP contribution in [0.25, 0.3) is 11.3 Å². The second kappa shape index (κ2) is 7.12. The highest BCUT2D eigenvalue weighted by Gasteiger charge is 2.27. The maximum Gasteiger partial charge on any atom is 0.161 e. The van der Waals surface area contributed by atoms with Crippen molar-refractivity contribution in [2.45, 2.75) is 20.3 Å². The molecular weight excluding hydrogens is 369 g/mol. The van der Waals surface area contributed by atoms with Crippen LogP contribution < -0.4 is 14.8 Å². The van der Waals surface area contributed by atoms with Crippen LogP contribution in [0.2, 0.25) is 5.02 Å². The number of hydrogen-bond acceptors (Lipinski definition) is 4. The minimum absolute atomic E-state index is 0.0714. The number of ether oxygens (including phenoxy) is 2. The summed E-state index contributed by atoms with van der Waals surface area (Å²) in [6.07, 6.45) is 0.713. The van der Waals surface area contributed by atoms with Crippen molar-refractivity contribution in [2.75, 3.05) is 18.5 Å². The van der Waals surface area contributed by atoms with Gasteiger partial charge in [-0.1, -0.05) is 11.6 Å². The van der Waals surface area contributed by atoms with E-state index >= 15 is 0 Å². The predicted octanol–water partition coefficient (Wildman–Crippen LogP) is 5.31. The van der Waals surface area contributed by atoms with Crippen LogP contribution in [-0.4, -0.2) is 23.4 Å². The topological polar surface area (TPSA) is 59.2 Å². The van der Waals surface area contributed by atoms with Crippen molar-refractivity contribution in [3.63, 3.8) is 0 Å².